The van der Waals surface area contributed by atoms with E-state index in [1.54, 1.807) is 6.20 Å². The summed E-state index contributed by atoms with van der Waals surface area (Å²) in [4.78, 5) is 19.0. The molecular formula is C17H19ClN2O. The second-order valence-corrected chi connectivity index (χ2v) is 6.22. The fraction of sp³-hybridized carbons (Fsp3) is 0.412. The standard InChI is InChI=1S/C17H19ClN2O/c1-20(16-10-3-2-8-14(16)18)17(21)13-6-4-9-15-12(13)7-5-11-19-15/h4-7,9,11,14,16H,2-3,8,10H2,1H3. The lowest BCUT2D eigenvalue weighted by Crippen LogP contribution is -2.44. The van der Waals surface area contributed by atoms with Crippen molar-refractivity contribution in [1.82, 2.24) is 9.88 Å². The molecule has 0 radical (unpaired) electrons. The van der Waals surface area contributed by atoms with E-state index in [9.17, 15) is 4.79 Å². The summed E-state index contributed by atoms with van der Waals surface area (Å²) in [6.45, 7) is 0. The summed E-state index contributed by atoms with van der Waals surface area (Å²) >= 11 is 6.42. The molecule has 4 heteroatoms. The van der Waals surface area contributed by atoms with Crippen LogP contribution >= 0.6 is 11.6 Å². The van der Waals surface area contributed by atoms with Gasteiger partial charge in [-0.15, -0.1) is 11.6 Å². The van der Waals surface area contributed by atoms with Gasteiger partial charge in [-0.05, 0) is 31.0 Å². The van der Waals surface area contributed by atoms with Crippen molar-refractivity contribution in [1.29, 1.82) is 0 Å². The summed E-state index contributed by atoms with van der Waals surface area (Å²) in [5, 5.41) is 0.958. The number of alkyl halides is 1. The SMILES string of the molecule is CN(C(=O)c1cccc2ncccc12)C1CCCCC1Cl. The maximum absolute atomic E-state index is 12.8. The van der Waals surface area contributed by atoms with Gasteiger partial charge in [-0.2, -0.15) is 0 Å². The van der Waals surface area contributed by atoms with E-state index in [0.29, 0.717) is 5.56 Å². The molecule has 0 N–H and O–H groups in total. The number of rotatable bonds is 2. The maximum atomic E-state index is 12.8. The van der Waals surface area contributed by atoms with Gasteiger partial charge >= 0.3 is 0 Å². The molecule has 1 saturated carbocycles. The van der Waals surface area contributed by atoms with Gasteiger partial charge in [0, 0.05) is 30.2 Å². The minimum Gasteiger partial charge on any atom is -0.337 e. The second-order valence-electron chi connectivity index (χ2n) is 5.66. The van der Waals surface area contributed by atoms with E-state index in [-0.39, 0.29) is 17.3 Å². The summed E-state index contributed by atoms with van der Waals surface area (Å²) in [5.41, 5.74) is 1.56. The molecule has 3 rings (SSSR count). The maximum Gasteiger partial charge on any atom is 0.254 e. The number of nitrogens with zero attached hydrogens (tertiary/aromatic N) is 2. The number of hydrogen-bond acceptors (Lipinski definition) is 2. The van der Waals surface area contributed by atoms with Crippen molar-refractivity contribution >= 4 is 28.4 Å². The zero-order valence-corrected chi connectivity index (χ0v) is 12.9. The number of carbonyl (C=O) groups excluding carboxylic acids is 1. The van der Waals surface area contributed by atoms with Crippen molar-refractivity contribution in [2.45, 2.75) is 37.1 Å². The molecule has 110 valence electrons. The van der Waals surface area contributed by atoms with E-state index in [1.807, 2.05) is 42.3 Å². The van der Waals surface area contributed by atoms with Crippen LogP contribution in [-0.2, 0) is 0 Å². The van der Waals surface area contributed by atoms with Crippen LogP contribution in [0.4, 0.5) is 0 Å². The highest BCUT2D eigenvalue weighted by Gasteiger charge is 2.30. The van der Waals surface area contributed by atoms with Crippen LogP contribution in [0.1, 0.15) is 36.0 Å². The Morgan fingerprint density at radius 2 is 2.05 bits per heavy atom. The van der Waals surface area contributed by atoms with Crippen LogP contribution in [0, 0.1) is 0 Å². The van der Waals surface area contributed by atoms with E-state index in [0.717, 1.165) is 36.6 Å². The van der Waals surface area contributed by atoms with Gasteiger partial charge in [0.05, 0.1) is 10.9 Å². The smallest absolute Gasteiger partial charge is 0.254 e. The number of benzene rings is 1. The molecule has 2 atom stereocenters. The summed E-state index contributed by atoms with van der Waals surface area (Å²) in [6.07, 6.45) is 6.02. The Hall–Kier alpha value is -1.61. The Morgan fingerprint density at radius 3 is 2.86 bits per heavy atom. The summed E-state index contributed by atoms with van der Waals surface area (Å²) in [7, 11) is 1.86. The highest BCUT2D eigenvalue weighted by atomic mass is 35.5. The number of hydrogen-bond donors (Lipinski definition) is 0. The summed E-state index contributed by atoms with van der Waals surface area (Å²) in [5.74, 6) is 0.0335. The lowest BCUT2D eigenvalue weighted by molar-refractivity contribution is 0.0702. The van der Waals surface area contributed by atoms with Crippen molar-refractivity contribution in [3.05, 3.63) is 42.1 Å². The van der Waals surface area contributed by atoms with Gasteiger partial charge in [0.25, 0.3) is 5.91 Å². The van der Waals surface area contributed by atoms with E-state index in [2.05, 4.69) is 4.98 Å². The number of carbonyl (C=O) groups is 1. The number of pyridine rings is 1. The van der Waals surface area contributed by atoms with Crippen molar-refractivity contribution in [2.24, 2.45) is 0 Å². The van der Waals surface area contributed by atoms with Crippen LogP contribution in [0.15, 0.2) is 36.5 Å². The monoisotopic (exact) mass is 302 g/mol. The molecule has 1 aromatic heterocycles. The van der Waals surface area contributed by atoms with E-state index >= 15 is 0 Å². The minimum atomic E-state index is 0.0335. The van der Waals surface area contributed by atoms with Gasteiger partial charge < -0.3 is 4.90 Å². The lowest BCUT2D eigenvalue weighted by atomic mass is 9.93. The fourth-order valence-corrected chi connectivity index (χ4v) is 3.58. The predicted molar refractivity (Wildman–Crippen MR) is 85.7 cm³/mol. The predicted octanol–water partition coefficient (Wildman–Crippen LogP) is 3.86. The first kappa shape index (κ1) is 14.3. The Morgan fingerprint density at radius 1 is 1.24 bits per heavy atom. The average Bonchev–Trinajstić information content (AvgIpc) is 2.53. The molecule has 0 bridgehead atoms. The van der Waals surface area contributed by atoms with E-state index in [4.69, 9.17) is 11.6 Å². The number of amides is 1. The zero-order valence-electron chi connectivity index (χ0n) is 12.1. The van der Waals surface area contributed by atoms with E-state index in [1.165, 1.54) is 0 Å². The first-order chi connectivity index (χ1) is 10.2. The molecule has 1 aliphatic carbocycles. The second kappa shape index (κ2) is 6.02. The van der Waals surface area contributed by atoms with Crippen molar-refractivity contribution < 1.29 is 4.79 Å². The molecule has 1 aromatic carbocycles. The Labute approximate surface area is 129 Å². The van der Waals surface area contributed by atoms with E-state index < -0.39 is 0 Å². The quantitative estimate of drug-likeness (QED) is 0.789. The number of halogens is 1. The van der Waals surface area contributed by atoms with Crippen molar-refractivity contribution in [2.75, 3.05) is 7.05 Å². The molecule has 0 saturated heterocycles. The first-order valence-corrected chi connectivity index (χ1v) is 7.87. The third kappa shape index (κ3) is 2.75. The first-order valence-electron chi connectivity index (χ1n) is 7.43. The van der Waals surface area contributed by atoms with Crippen LogP contribution in [0.2, 0.25) is 0 Å². The molecule has 1 heterocycles. The Kier molecular flexibility index (Phi) is 4.11. The Bertz CT molecular complexity index is 653. The van der Waals surface area contributed by atoms with Gasteiger partial charge in [-0.3, -0.25) is 9.78 Å². The van der Waals surface area contributed by atoms with Gasteiger partial charge in [-0.25, -0.2) is 0 Å². The third-order valence-electron chi connectivity index (χ3n) is 4.34. The van der Waals surface area contributed by atoms with Crippen LogP contribution in [-0.4, -0.2) is 34.3 Å². The lowest BCUT2D eigenvalue weighted by Gasteiger charge is -2.35. The van der Waals surface area contributed by atoms with Crippen LogP contribution < -0.4 is 0 Å². The normalized spacial score (nSPS) is 22.2. The molecule has 0 spiro atoms. The number of aromatic nitrogens is 1. The molecule has 0 aliphatic heterocycles. The molecule has 1 aliphatic rings. The minimum absolute atomic E-state index is 0.0335. The topological polar surface area (TPSA) is 33.2 Å². The molecule has 21 heavy (non-hydrogen) atoms. The zero-order chi connectivity index (χ0) is 14.8. The van der Waals surface area contributed by atoms with Gasteiger partial charge in [0.15, 0.2) is 0 Å². The molecule has 2 aromatic rings. The van der Waals surface area contributed by atoms with Crippen LogP contribution in [0.3, 0.4) is 0 Å². The van der Waals surface area contributed by atoms with Crippen LogP contribution in [0.25, 0.3) is 10.9 Å². The summed E-state index contributed by atoms with van der Waals surface area (Å²) in [6, 6.07) is 9.62. The van der Waals surface area contributed by atoms with Crippen LogP contribution in [0.5, 0.6) is 0 Å². The van der Waals surface area contributed by atoms with Gasteiger partial charge in [-0.1, -0.05) is 25.0 Å². The molecule has 3 nitrogen and oxygen atoms in total. The number of fused-ring (bicyclic) bond motifs is 1. The molecular weight excluding hydrogens is 284 g/mol. The molecule has 1 amide bonds. The molecule has 1 fully saturated rings. The van der Waals surface area contributed by atoms with Gasteiger partial charge in [0.1, 0.15) is 0 Å². The fourth-order valence-electron chi connectivity index (χ4n) is 3.13. The average molecular weight is 303 g/mol. The highest BCUT2D eigenvalue weighted by Crippen LogP contribution is 2.28. The largest absolute Gasteiger partial charge is 0.337 e. The van der Waals surface area contributed by atoms with Crippen molar-refractivity contribution in [3.8, 4) is 0 Å². The molecule has 2 unspecified atom stereocenters. The third-order valence-corrected chi connectivity index (χ3v) is 4.85. The Balaban J connectivity index is 1.93. The summed E-state index contributed by atoms with van der Waals surface area (Å²) < 4.78 is 0. The van der Waals surface area contributed by atoms with Crippen molar-refractivity contribution in [3.63, 3.8) is 0 Å². The highest BCUT2D eigenvalue weighted by molar-refractivity contribution is 6.21. The van der Waals surface area contributed by atoms with Gasteiger partial charge in [0.2, 0.25) is 0 Å².